The molecule has 1 amide bonds. The lowest BCUT2D eigenvalue weighted by Gasteiger charge is -2.24. The Labute approximate surface area is 118 Å². The first kappa shape index (κ1) is 13.9. The summed E-state index contributed by atoms with van der Waals surface area (Å²) in [7, 11) is 0. The highest BCUT2D eigenvalue weighted by atomic mass is 16.3. The van der Waals surface area contributed by atoms with Gasteiger partial charge in [0, 0.05) is 6.92 Å². The van der Waals surface area contributed by atoms with E-state index in [-0.39, 0.29) is 11.7 Å². The smallest absolute Gasteiger partial charge is 0.242 e. The zero-order valence-corrected chi connectivity index (χ0v) is 11.8. The number of nitrogens with zero attached hydrogens (tertiary/aromatic N) is 1. The van der Waals surface area contributed by atoms with Crippen LogP contribution in [0.4, 0.5) is 11.4 Å². The molecule has 2 N–H and O–H groups in total. The molecule has 0 spiro atoms. The van der Waals surface area contributed by atoms with Gasteiger partial charge in [-0.3, -0.25) is 10.2 Å². The molecule has 0 radical (unpaired) electrons. The number of para-hydroxylation sites is 1. The standard InChI is InChI=1S/C16H18N2O2/c1-11-9-15(16(20)10-12(11)2)17-18(13(3)19)14-7-5-4-6-8-14/h4-10,17,20H,1-3H3. The summed E-state index contributed by atoms with van der Waals surface area (Å²) in [4.78, 5) is 11.8. The number of rotatable bonds is 3. The van der Waals surface area contributed by atoms with E-state index in [1.165, 1.54) is 11.9 Å². The van der Waals surface area contributed by atoms with Crippen LogP contribution in [0.1, 0.15) is 18.1 Å². The van der Waals surface area contributed by atoms with E-state index < -0.39 is 0 Å². The van der Waals surface area contributed by atoms with Crippen molar-refractivity contribution in [3.8, 4) is 5.75 Å². The number of aryl methyl sites for hydroxylation is 2. The molecule has 0 unspecified atom stereocenters. The van der Waals surface area contributed by atoms with Crippen LogP contribution in [-0.2, 0) is 4.79 Å². The average molecular weight is 270 g/mol. The van der Waals surface area contributed by atoms with Gasteiger partial charge in [-0.1, -0.05) is 18.2 Å². The van der Waals surface area contributed by atoms with Crippen molar-refractivity contribution in [2.75, 3.05) is 10.4 Å². The molecule has 104 valence electrons. The number of anilines is 2. The maximum Gasteiger partial charge on any atom is 0.242 e. The largest absolute Gasteiger partial charge is 0.506 e. The van der Waals surface area contributed by atoms with Crippen molar-refractivity contribution in [2.45, 2.75) is 20.8 Å². The molecule has 2 aromatic rings. The van der Waals surface area contributed by atoms with Gasteiger partial charge in [-0.05, 0) is 49.2 Å². The number of hydrogen-bond donors (Lipinski definition) is 2. The average Bonchev–Trinajstić information content (AvgIpc) is 2.42. The lowest BCUT2D eigenvalue weighted by molar-refractivity contribution is -0.116. The first-order chi connectivity index (χ1) is 9.49. The van der Waals surface area contributed by atoms with E-state index in [2.05, 4.69) is 5.43 Å². The molecule has 0 aliphatic carbocycles. The summed E-state index contributed by atoms with van der Waals surface area (Å²) < 4.78 is 0. The van der Waals surface area contributed by atoms with Gasteiger partial charge in [0.15, 0.2) is 0 Å². The van der Waals surface area contributed by atoms with Gasteiger partial charge in [0.2, 0.25) is 5.91 Å². The Morgan fingerprint density at radius 3 is 2.30 bits per heavy atom. The highest BCUT2D eigenvalue weighted by Gasteiger charge is 2.13. The van der Waals surface area contributed by atoms with E-state index in [0.717, 1.165) is 16.8 Å². The van der Waals surface area contributed by atoms with Gasteiger partial charge in [0.05, 0.1) is 11.4 Å². The van der Waals surface area contributed by atoms with Crippen LogP contribution in [0.15, 0.2) is 42.5 Å². The Morgan fingerprint density at radius 1 is 1.10 bits per heavy atom. The van der Waals surface area contributed by atoms with E-state index in [1.54, 1.807) is 6.07 Å². The number of carbonyl (C=O) groups is 1. The lowest BCUT2D eigenvalue weighted by Crippen LogP contribution is -2.34. The predicted octanol–water partition coefficient (Wildman–Crippen LogP) is 3.39. The third kappa shape index (κ3) is 2.91. The quantitative estimate of drug-likeness (QED) is 0.664. The fourth-order valence-electron chi connectivity index (χ4n) is 1.91. The summed E-state index contributed by atoms with van der Waals surface area (Å²) in [5, 5.41) is 11.4. The molecule has 0 bridgehead atoms. The van der Waals surface area contributed by atoms with Crippen molar-refractivity contribution < 1.29 is 9.90 Å². The van der Waals surface area contributed by atoms with Crippen LogP contribution in [0, 0.1) is 13.8 Å². The number of hydrazine groups is 1. The molecule has 4 heteroatoms. The molecule has 0 aromatic heterocycles. The monoisotopic (exact) mass is 270 g/mol. The number of phenols is 1. The summed E-state index contributed by atoms with van der Waals surface area (Å²) in [6.07, 6.45) is 0. The summed E-state index contributed by atoms with van der Waals surface area (Å²) in [5.41, 5.74) is 6.24. The Hall–Kier alpha value is -2.49. The minimum Gasteiger partial charge on any atom is -0.506 e. The van der Waals surface area contributed by atoms with Gasteiger partial charge in [-0.25, -0.2) is 5.01 Å². The van der Waals surface area contributed by atoms with Gasteiger partial charge in [0.25, 0.3) is 0 Å². The maximum atomic E-state index is 11.8. The lowest BCUT2D eigenvalue weighted by atomic mass is 10.1. The van der Waals surface area contributed by atoms with Crippen LogP contribution in [0.5, 0.6) is 5.75 Å². The molecule has 2 aromatic carbocycles. The summed E-state index contributed by atoms with van der Waals surface area (Å²) in [5.74, 6) is -0.0379. The predicted molar refractivity (Wildman–Crippen MR) is 80.8 cm³/mol. The molecule has 4 nitrogen and oxygen atoms in total. The van der Waals surface area contributed by atoms with E-state index in [1.807, 2.05) is 50.2 Å². The first-order valence-corrected chi connectivity index (χ1v) is 6.41. The summed E-state index contributed by atoms with van der Waals surface area (Å²) in [6.45, 7) is 5.36. The van der Waals surface area contributed by atoms with Gasteiger partial charge in [-0.2, -0.15) is 0 Å². The highest BCUT2D eigenvalue weighted by Crippen LogP contribution is 2.28. The number of nitrogens with one attached hydrogen (secondary N) is 1. The minimum absolute atomic E-state index is 0.121. The molecular formula is C16H18N2O2. The molecule has 0 atom stereocenters. The van der Waals surface area contributed by atoms with E-state index in [0.29, 0.717) is 5.69 Å². The van der Waals surface area contributed by atoms with Crippen molar-refractivity contribution in [1.82, 2.24) is 0 Å². The van der Waals surface area contributed by atoms with Crippen molar-refractivity contribution in [2.24, 2.45) is 0 Å². The topological polar surface area (TPSA) is 52.6 Å². The van der Waals surface area contributed by atoms with Gasteiger partial charge < -0.3 is 5.11 Å². The summed E-state index contributed by atoms with van der Waals surface area (Å²) >= 11 is 0. The third-order valence-corrected chi connectivity index (χ3v) is 3.17. The third-order valence-electron chi connectivity index (χ3n) is 3.17. The number of hydrogen-bond acceptors (Lipinski definition) is 3. The maximum absolute atomic E-state index is 11.8. The number of aromatic hydroxyl groups is 1. The number of phenolic OH excluding ortho intramolecular Hbond substituents is 1. The fraction of sp³-hybridized carbons (Fsp3) is 0.188. The SMILES string of the molecule is CC(=O)N(Nc1cc(C)c(C)cc1O)c1ccccc1. The van der Waals surface area contributed by atoms with Crippen LogP contribution in [0.25, 0.3) is 0 Å². The molecule has 2 rings (SSSR count). The van der Waals surface area contributed by atoms with E-state index in [4.69, 9.17) is 0 Å². The van der Waals surface area contributed by atoms with Gasteiger partial charge in [0.1, 0.15) is 5.75 Å². The first-order valence-electron chi connectivity index (χ1n) is 6.41. The number of amides is 1. The minimum atomic E-state index is -0.158. The molecule has 0 fully saturated rings. The molecular weight excluding hydrogens is 252 g/mol. The Balaban J connectivity index is 2.35. The Bertz CT molecular complexity index is 624. The molecule has 0 aliphatic rings. The van der Waals surface area contributed by atoms with Crippen molar-refractivity contribution in [1.29, 1.82) is 0 Å². The van der Waals surface area contributed by atoms with Gasteiger partial charge >= 0.3 is 0 Å². The molecule has 0 aliphatic heterocycles. The molecule has 0 saturated carbocycles. The Morgan fingerprint density at radius 2 is 1.70 bits per heavy atom. The second-order valence-corrected chi connectivity index (χ2v) is 4.76. The normalized spacial score (nSPS) is 10.2. The van der Waals surface area contributed by atoms with Crippen LogP contribution in [0.2, 0.25) is 0 Å². The van der Waals surface area contributed by atoms with Crippen LogP contribution < -0.4 is 10.4 Å². The highest BCUT2D eigenvalue weighted by molar-refractivity contribution is 5.93. The van der Waals surface area contributed by atoms with Crippen LogP contribution in [0.3, 0.4) is 0 Å². The van der Waals surface area contributed by atoms with Crippen LogP contribution in [-0.4, -0.2) is 11.0 Å². The van der Waals surface area contributed by atoms with E-state index >= 15 is 0 Å². The van der Waals surface area contributed by atoms with Gasteiger partial charge in [-0.15, -0.1) is 0 Å². The van der Waals surface area contributed by atoms with Crippen molar-refractivity contribution in [3.63, 3.8) is 0 Å². The molecule has 0 saturated heterocycles. The van der Waals surface area contributed by atoms with Crippen LogP contribution >= 0.6 is 0 Å². The van der Waals surface area contributed by atoms with E-state index in [9.17, 15) is 9.90 Å². The zero-order valence-electron chi connectivity index (χ0n) is 11.8. The fourth-order valence-corrected chi connectivity index (χ4v) is 1.91. The Kier molecular flexibility index (Phi) is 3.94. The second-order valence-electron chi connectivity index (χ2n) is 4.76. The number of carbonyl (C=O) groups excluding carboxylic acids is 1. The number of benzene rings is 2. The van der Waals surface area contributed by atoms with Crippen molar-refractivity contribution >= 4 is 17.3 Å². The summed E-state index contributed by atoms with van der Waals surface area (Å²) in [6, 6.07) is 12.7. The second kappa shape index (κ2) is 5.65. The molecule has 0 heterocycles. The zero-order chi connectivity index (χ0) is 14.7. The molecule has 20 heavy (non-hydrogen) atoms. The van der Waals surface area contributed by atoms with Crippen molar-refractivity contribution in [3.05, 3.63) is 53.6 Å².